The van der Waals surface area contributed by atoms with Gasteiger partial charge >= 0.3 is 0 Å². The van der Waals surface area contributed by atoms with Gasteiger partial charge in [-0.3, -0.25) is 5.10 Å². The molecule has 2 aromatic heterocycles. The summed E-state index contributed by atoms with van der Waals surface area (Å²) in [6.45, 7) is 1.93. The van der Waals surface area contributed by atoms with Crippen LogP contribution in [0.25, 0.3) is 0 Å². The average molecular weight is 221 g/mol. The molecule has 4 N–H and O–H groups in total. The van der Waals surface area contributed by atoms with Crippen LogP contribution in [0.3, 0.4) is 0 Å². The number of nitrogens with zero attached hydrogens (tertiary/aromatic N) is 3. The Hall–Kier alpha value is -1.66. The Morgan fingerprint density at radius 2 is 2.38 bits per heavy atom. The third kappa shape index (κ3) is 1.84. The number of nitrogens with two attached hydrogens (primary N) is 1. The highest BCUT2D eigenvalue weighted by atomic mass is 16.3. The van der Waals surface area contributed by atoms with Crippen molar-refractivity contribution in [3.63, 3.8) is 0 Å². The van der Waals surface area contributed by atoms with E-state index in [4.69, 9.17) is 10.8 Å². The highest BCUT2D eigenvalue weighted by molar-refractivity contribution is 5.15. The molecule has 2 rings (SSSR count). The van der Waals surface area contributed by atoms with Crippen molar-refractivity contribution in [1.82, 2.24) is 19.7 Å². The van der Waals surface area contributed by atoms with Gasteiger partial charge in [-0.05, 0) is 6.92 Å². The van der Waals surface area contributed by atoms with Crippen LogP contribution in [0.4, 0.5) is 0 Å². The maximum atomic E-state index is 9.06. The number of hydrogen-bond acceptors (Lipinski definition) is 4. The third-order valence-electron chi connectivity index (χ3n) is 2.69. The molecule has 2 heterocycles. The smallest absolute Gasteiger partial charge is 0.0954 e. The summed E-state index contributed by atoms with van der Waals surface area (Å²) in [7, 11) is 0. The fraction of sp³-hybridized carbons (Fsp3) is 0.400. The fourth-order valence-electron chi connectivity index (χ4n) is 1.67. The summed E-state index contributed by atoms with van der Waals surface area (Å²) in [5.74, 6) is 0. The Bertz CT molecular complexity index is 436. The van der Waals surface area contributed by atoms with Crippen molar-refractivity contribution in [3.05, 3.63) is 36.2 Å². The molecule has 0 aliphatic carbocycles. The molecule has 0 amide bonds. The van der Waals surface area contributed by atoms with Crippen LogP contribution in [-0.2, 0) is 0 Å². The molecule has 6 nitrogen and oxygen atoms in total. The Kier molecular flexibility index (Phi) is 3.02. The standard InChI is InChI=1S/C10H15N5O/c1-7(8-2-13-14-3-8)15-6-12-4-10(15)9(11)5-16/h2-4,6-7,9,16H,5,11H2,1H3,(H,13,14). The van der Waals surface area contributed by atoms with Crippen molar-refractivity contribution >= 4 is 0 Å². The van der Waals surface area contributed by atoms with Gasteiger partial charge in [0.15, 0.2) is 0 Å². The molecule has 0 aliphatic rings. The number of aromatic nitrogens is 4. The number of hydrogen-bond donors (Lipinski definition) is 3. The number of nitrogens with one attached hydrogen (secondary N) is 1. The predicted octanol–water partition coefficient (Wildman–Crippen LogP) is 0.208. The summed E-state index contributed by atoms with van der Waals surface area (Å²) in [6.07, 6.45) is 6.98. The van der Waals surface area contributed by atoms with Gasteiger partial charge in [-0.1, -0.05) is 0 Å². The van der Waals surface area contributed by atoms with Gasteiger partial charge in [0.25, 0.3) is 0 Å². The van der Waals surface area contributed by atoms with Gasteiger partial charge in [0.2, 0.25) is 0 Å². The zero-order valence-electron chi connectivity index (χ0n) is 9.04. The van der Waals surface area contributed by atoms with Gasteiger partial charge in [0, 0.05) is 18.0 Å². The zero-order chi connectivity index (χ0) is 11.5. The normalized spacial score (nSPS) is 14.9. The van der Waals surface area contributed by atoms with Crippen LogP contribution in [-0.4, -0.2) is 31.5 Å². The average Bonchev–Trinajstić information content (AvgIpc) is 2.97. The molecule has 0 spiro atoms. The first-order valence-electron chi connectivity index (χ1n) is 5.11. The Balaban J connectivity index is 2.30. The van der Waals surface area contributed by atoms with Crippen molar-refractivity contribution in [2.45, 2.75) is 19.0 Å². The molecule has 0 saturated heterocycles. The Labute approximate surface area is 93.1 Å². The summed E-state index contributed by atoms with van der Waals surface area (Å²) in [4.78, 5) is 4.06. The Morgan fingerprint density at radius 3 is 3.00 bits per heavy atom. The minimum atomic E-state index is -0.406. The van der Waals surface area contributed by atoms with Crippen LogP contribution in [0.2, 0.25) is 0 Å². The second-order valence-corrected chi connectivity index (χ2v) is 3.72. The summed E-state index contributed by atoms with van der Waals surface area (Å²) in [5, 5.41) is 15.7. The second kappa shape index (κ2) is 4.46. The number of aliphatic hydroxyl groups excluding tert-OH is 1. The highest BCUT2D eigenvalue weighted by Gasteiger charge is 2.16. The highest BCUT2D eigenvalue weighted by Crippen LogP contribution is 2.20. The minimum absolute atomic E-state index is 0.0915. The number of aromatic amines is 1. The largest absolute Gasteiger partial charge is 0.394 e. The summed E-state index contributed by atoms with van der Waals surface area (Å²) in [6, 6.07) is -0.314. The van der Waals surface area contributed by atoms with Crippen LogP contribution in [0.1, 0.15) is 30.3 Å². The van der Waals surface area contributed by atoms with Crippen LogP contribution in [0.5, 0.6) is 0 Å². The van der Waals surface area contributed by atoms with Gasteiger partial charge < -0.3 is 15.4 Å². The van der Waals surface area contributed by atoms with Crippen molar-refractivity contribution in [1.29, 1.82) is 0 Å². The van der Waals surface area contributed by atoms with Crippen LogP contribution >= 0.6 is 0 Å². The summed E-state index contributed by atoms with van der Waals surface area (Å²) < 4.78 is 1.94. The first-order valence-corrected chi connectivity index (χ1v) is 5.11. The molecule has 2 aromatic rings. The van der Waals surface area contributed by atoms with Gasteiger partial charge in [0.1, 0.15) is 0 Å². The van der Waals surface area contributed by atoms with Gasteiger partial charge in [-0.15, -0.1) is 0 Å². The zero-order valence-corrected chi connectivity index (χ0v) is 9.04. The topological polar surface area (TPSA) is 92.8 Å². The first-order chi connectivity index (χ1) is 7.74. The van der Waals surface area contributed by atoms with Gasteiger partial charge in [0.05, 0.1) is 36.9 Å². The molecular formula is C10H15N5O. The first kappa shape index (κ1) is 10.8. The Morgan fingerprint density at radius 1 is 1.56 bits per heavy atom. The van der Waals surface area contributed by atoms with Crippen molar-refractivity contribution < 1.29 is 5.11 Å². The van der Waals surface area contributed by atoms with Gasteiger partial charge in [-0.25, -0.2) is 4.98 Å². The van der Waals surface area contributed by atoms with E-state index in [1.165, 1.54) is 0 Å². The maximum absolute atomic E-state index is 9.06. The van der Waals surface area contributed by atoms with E-state index in [0.29, 0.717) is 0 Å². The van der Waals surface area contributed by atoms with E-state index in [1.807, 2.05) is 17.7 Å². The van der Waals surface area contributed by atoms with Crippen molar-refractivity contribution in [2.75, 3.05) is 6.61 Å². The molecule has 0 saturated carbocycles. The maximum Gasteiger partial charge on any atom is 0.0954 e. The van der Waals surface area contributed by atoms with E-state index in [9.17, 15) is 0 Å². The van der Waals surface area contributed by atoms with Gasteiger partial charge in [-0.2, -0.15) is 5.10 Å². The molecule has 0 aliphatic heterocycles. The lowest BCUT2D eigenvalue weighted by molar-refractivity contribution is 0.262. The number of H-pyrrole nitrogens is 1. The van der Waals surface area contributed by atoms with E-state index in [1.54, 1.807) is 18.7 Å². The van der Waals surface area contributed by atoms with Crippen LogP contribution in [0.15, 0.2) is 24.9 Å². The molecule has 0 radical (unpaired) electrons. The molecular weight excluding hydrogens is 206 g/mol. The van der Waals surface area contributed by atoms with E-state index in [-0.39, 0.29) is 12.6 Å². The lowest BCUT2D eigenvalue weighted by atomic mass is 10.1. The van der Waals surface area contributed by atoms with Crippen LogP contribution in [0, 0.1) is 0 Å². The molecule has 16 heavy (non-hydrogen) atoms. The summed E-state index contributed by atoms with van der Waals surface area (Å²) in [5.41, 5.74) is 7.66. The SMILES string of the molecule is CC(c1cn[nH]c1)n1cncc1C(N)CO. The molecule has 86 valence electrons. The molecule has 2 unspecified atom stereocenters. The molecule has 0 aromatic carbocycles. The number of imidazole rings is 1. The molecule has 0 fully saturated rings. The second-order valence-electron chi connectivity index (χ2n) is 3.72. The monoisotopic (exact) mass is 221 g/mol. The van der Waals surface area contributed by atoms with Crippen LogP contribution < -0.4 is 5.73 Å². The lowest BCUT2D eigenvalue weighted by Crippen LogP contribution is -2.20. The van der Waals surface area contributed by atoms with E-state index < -0.39 is 6.04 Å². The third-order valence-corrected chi connectivity index (χ3v) is 2.69. The minimum Gasteiger partial charge on any atom is -0.394 e. The fourth-order valence-corrected chi connectivity index (χ4v) is 1.67. The lowest BCUT2D eigenvalue weighted by Gasteiger charge is -2.17. The van der Waals surface area contributed by atoms with E-state index in [2.05, 4.69) is 15.2 Å². The van der Waals surface area contributed by atoms with Crippen molar-refractivity contribution in [2.24, 2.45) is 5.73 Å². The number of rotatable bonds is 4. The predicted molar refractivity (Wildman–Crippen MR) is 58.6 cm³/mol. The molecule has 0 bridgehead atoms. The van der Waals surface area contributed by atoms with E-state index in [0.717, 1.165) is 11.3 Å². The van der Waals surface area contributed by atoms with E-state index >= 15 is 0 Å². The molecule has 2 atom stereocenters. The number of aliphatic hydroxyl groups is 1. The van der Waals surface area contributed by atoms with Crippen molar-refractivity contribution in [3.8, 4) is 0 Å². The molecule has 6 heteroatoms. The quantitative estimate of drug-likeness (QED) is 0.688. The summed E-state index contributed by atoms with van der Waals surface area (Å²) >= 11 is 0.